The molecule has 0 aliphatic rings. The normalized spacial score (nSPS) is 10.6. The molecule has 134 valence electrons. The van der Waals surface area contributed by atoms with Crippen LogP contribution in [0.4, 0.5) is 0 Å². The van der Waals surface area contributed by atoms with E-state index in [0.29, 0.717) is 40.3 Å². The Morgan fingerprint density at radius 1 is 0.962 bits per heavy atom. The van der Waals surface area contributed by atoms with E-state index in [0.717, 1.165) is 11.3 Å². The fourth-order valence-electron chi connectivity index (χ4n) is 2.45. The molecular formula is C19H16Cl2N2O3. The zero-order valence-corrected chi connectivity index (χ0v) is 15.5. The molecule has 0 aliphatic heterocycles. The van der Waals surface area contributed by atoms with E-state index in [1.807, 2.05) is 19.1 Å². The van der Waals surface area contributed by atoms with Crippen LogP contribution in [0.2, 0.25) is 10.0 Å². The molecule has 7 heteroatoms. The van der Waals surface area contributed by atoms with Crippen LogP contribution in [0.3, 0.4) is 0 Å². The largest absolute Gasteiger partial charge is 0.494 e. The minimum absolute atomic E-state index is 0.237. The average Bonchev–Trinajstić information content (AvgIpc) is 2.56. The minimum atomic E-state index is -0.237. The molecule has 3 rings (SSSR count). The summed E-state index contributed by atoms with van der Waals surface area (Å²) in [6.07, 6.45) is 0.518. The van der Waals surface area contributed by atoms with Crippen molar-refractivity contribution in [2.75, 3.05) is 6.61 Å². The number of benzene rings is 2. The van der Waals surface area contributed by atoms with Gasteiger partial charge in [-0.1, -0.05) is 23.2 Å². The summed E-state index contributed by atoms with van der Waals surface area (Å²) < 4.78 is 11.5. The van der Waals surface area contributed by atoms with Crippen molar-refractivity contribution in [3.8, 4) is 17.2 Å². The number of nitrogens with zero attached hydrogens (tertiary/aromatic N) is 1. The van der Waals surface area contributed by atoms with Gasteiger partial charge in [0.2, 0.25) is 0 Å². The molecule has 5 nitrogen and oxygen atoms in total. The van der Waals surface area contributed by atoms with Crippen molar-refractivity contribution in [1.82, 2.24) is 10.2 Å². The number of hydrogen-bond acceptors (Lipinski definition) is 4. The highest BCUT2D eigenvalue weighted by molar-refractivity contribution is 6.34. The van der Waals surface area contributed by atoms with Gasteiger partial charge in [0.25, 0.3) is 5.56 Å². The number of H-pyrrole nitrogens is 1. The molecule has 1 heterocycles. The molecule has 1 aromatic heterocycles. The summed E-state index contributed by atoms with van der Waals surface area (Å²) in [5.41, 5.74) is 1.42. The molecule has 1 N–H and O–H groups in total. The molecule has 0 spiro atoms. The quantitative estimate of drug-likeness (QED) is 0.652. The molecule has 0 amide bonds. The van der Waals surface area contributed by atoms with Crippen LogP contribution in [0.25, 0.3) is 0 Å². The molecule has 0 radical (unpaired) electrons. The lowest BCUT2D eigenvalue weighted by Crippen LogP contribution is -2.07. The molecule has 0 atom stereocenters. The second-order valence-corrected chi connectivity index (χ2v) is 6.42. The maximum absolute atomic E-state index is 11.1. The summed E-state index contributed by atoms with van der Waals surface area (Å²) in [5.74, 6) is 1.80. The van der Waals surface area contributed by atoms with Gasteiger partial charge >= 0.3 is 0 Å². The van der Waals surface area contributed by atoms with Gasteiger partial charge in [-0.3, -0.25) is 4.79 Å². The van der Waals surface area contributed by atoms with Crippen LogP contribution in [0.15, 0.2) is 53.3 Å². The Morgan fingerprint density at radius 2 is 1.65 bits per heavy atom. The Labute approximate surface area is 160 Å². The van der Waals surface area contributed by atoms with Crippen LogP contribution in [0.5, 0.6) is 17.2 Å². The van der Waals surface area contributed by atoms with Crippen molar-refractivity contribution < 1.29 is 9.47 Å². The topological polar surface area (TPSA) is 64.2 Å². The van der Waals surface area contributed by atoms with Crippen molar-refractivity contribution >= 4 is 23.2 Å². The van der Waals surface area contributed by atoms with Crippen molar-refractivity contribution in [2.24, 2.45) is 0 Å². The highest BCUT2D eigenvalue weighted by Gasteiger charge is 2.08. The van der Waals surface area contributed by atoms with Gasteiger partial charge in [0.15, 0.2) is 0 Å². The summed E-state index contributed by atoms with van der Waals surface area (Å²) in [4.78, 5) is 11.1. The van der Waals surface area contributed by atoms with Gasteiger partial charge in [-0.2, -0.15) is 5.10 Å². The maximum Gasteiger partial charge on any atom is 0.264 e. The zero-order chi connectivity index (χ0) is 18.5. The Bertz CT molecular complexity index is 932. The summed E-state index contributed by atoms with van der Waals surface area (Å²) in [5, 5.41) is 7.45. The minimum Gasteiger partial charge on any atom is -0.494 e. The molecular weight excluding hydrogens is 375 g/mol. The van der Waals surface area contributed by atoms with E-state index in [9.17, 15) is 4.79 Å². The van der Waals surface area contributed by atoms with Crippen molar-refractivity contribution in [3.63, 3.8) is 0 Å². The lowest BCUT2D eigenvalue weighted by atomic mass is 10.1. The molecule has 0 saturated heterocycles. The van der Waals surface area contributed by atoms with E-state index >= 15 is 0 Å². The second-order valence-electron chi connectivity index (χ2n) is 5.54. The van der Waals surface area contributed by atoms with Crippen LogP contribution in [-0.2, 0) is 6.42 Å². The monoisotopic (exact) mass is 390 g/mol. The Kier molecular flexibility index (Phi) is 5.81. The molecule has 0 aliphatic carbocycles. The van der Waals surface area contributed by atoms with E-state index in [-0.39, 0.29) is 5.56 Å². The molecule has 0 bridgehead atoms. The fraction of sp³-hybridized carbons (Fsp3) is 0.158. The van der Waals surface area contributed by atoms with Crippen molar-refractivity contribution in [3.05, 3.63) is 80.2 Å². The first-order valence-electron chi connectivity index (χ1n) is 7.97. The van der Waals surface area contributed by atoms with E-state index < -0.39 is 0 Å². The number of aromatic amines is 1. The maximum atomic E-state index is 11.1. The lowest BCUT2D eigenvalue weighted by Gasteiger charge is -2.12. The van der Waals surface area contributed by atoms with Gasteiger partial charge in [0, 0.05) is 28.6 Å². The summed E-state index contributed by atoms with van der Waals surface area (Å²) in [6.45, 7) is 2.44. The predicted molar refractivity (Wildman–Crippen MR) is 102 cm³/mol. The first-order chi connectivity index (χ1) is 12.5. The number of ether oxygens (including phenoxy) is 2. The number of nitrogens with one attached hydrogen (secondary N) is 1. The Balaban J connectivity index is 1.90. The van der Waals surface area contributed by atoms with Crippen LogP contribution >= 0.6 is 23.2 Å². The van der Waals surface area contributed by atoms with Gasteiger partial charge in [-0.25, -0.2) is 5.10 Å². The standard InChI is InChI=1S/C19H16Cl2N2O3/c1-2-25-16-6-12(5-15-3-4-19(24)23-22-15)7-17(11-16)26-18-9-13(20)8-14(21)10-18/h3-4,6-11H,2,5H2,1H3,(H,23,24). The summed E-state index contributed by atoms with van der Waals surface area (Å²) in [6, 6.07) is 13.7. The van der Waals surface area contributed by atoms with E-state index in [4.69, 9.17) is 32.7 Å². The first-order valence-corrected chi connectivity index (χ1v) is 8.73. The summed E-state index contributed by atoms with van der Waals surface area (Å²) in [7, 11) is 0. The lowest BCUT2D eigenvalue weighted by molar-refractivity contribution is 0.338. The molecule has 2 aromatic carbocycles. The van der Waals surface area contributed by atoms with Crippen LogP contribution in [0, 0.1) is 0 Å². The number of rotatable bonds is 6. The summed E-state index contributed by atoms with van der Waals surface area (Å²) >= 11 is 12.0. The molecule has 3 aromatic rings. The van der Waals surface area contributed by atoms with Gasteiger partial charge < -0.3 is 9.47 Å². The smallest absolute Gasteiger partial charge is 0.264 e. The molecule has 0 fully saturated rings. The highest BCUT2D eigenvalue weighted by Crippen LogP contribution is 2.31. The second kappa shape index (κ2) is 8.25. The van der Waals surface area contributed by atoms with Crippen LogP contribution in [-0.4, -0.2) is 16.8 Å². The average molecular weight is 391 g/mol. The van der Waals surface area contributed by atoms with Gasteiger partial charge in [-0.05, 0) is 48.9 Å². The molecule has 26 heavy (non-hydrogen) atoms. The Morgan fingerprint density at radius 3 is 2.31 bits per heavy atom. The van der Waals surface area contributed by atoms with E-state index in [1.165, 1.54) is 6.07 Å². The SMILES string of the molecule is CCOc1cc(Cc2ccc(=O)[nH]n2)cc(Oc2cc(Cl)cc(Cl)c2)c1. The third-order valence-electron chi connectivity index (χ3n) is 3.44. The van der Waals surface area contributed by atoms with Crippen LogP contribution < -0.4 is 15.0 Å². The highest BCUT2D eigenvalue weighted by atomic mass is 35.5. The van der Waals surface area contributed by atoms with E-state index in [1.54, 1.807) is 30.3 Å². The van der Waals surface area contributed by atoms with Gasteiger partial charge in [0.1, 0.15) is 17.2 Å². The fourth-order valence-corrected chi connectivity index (χ4v) is 2.95. The van der Waals surface area contributed by atoms with E-state index in [2.05, 4.69) is 10.2 Å². The zero-order valence-electron chi connectivity index (χ0n) is 14.0. The third kappa shape index (κ3) is 5.00. The third-order valence-corrected chi connectivity index (χ3v) is 3.88. The number of hydrogen-bond donors (Lipinski definition) is 1. The first kappa shape index (κ1) is 18.3. The molecule has 0 unspecified atom stereocenters. The van der Waals surface area contributed by atoms with Gasteiger partial charge in [-0.15, -0.1) is 0 Å². The van der Waals surface area contributed by atoms with Gasteiger partial charge in [0.05, 0.1) is 12.3 Å². The Hall–Kier alpha value is -2.50. The van der Waals surface area contributed by atoms with Crippen molar-refractivity contribution in [1.29, 1.82) is 0 Å². The number of halogens is 2. The molecule has 0 saturated carbocycles. The van der Waals surface area contributed by atoms with Crippen molar-refractivity contribution in [2.45, 2.75) is 13.3 Å². The van der Waals surface area contributed by atoms with Crippen LogP contribution in [0.1, 0.15) is 18.2 Å². The number of aromatic nitrogens is 2. The predicted octanol–water partition coefficient (Wildman–Crippen LogP) is 4.86.